The number of allylic oxidation sites excluding steroid dienone is 3. The van der Waals surface area contributed by atoms with Gasteiger partial charge in [-0.1, -0.05) is 48.5 Å². The van der Waals surface area contributed by atoms with Crippen LogP contribution >= 0.6 is 0 Å². The van der Waals surface area contributed by atoms with E-state index in [-0.39, 0.29) is 5.92 Å². The third kappa shape index (κ3) is 2.26. The molecule has 0 bridgehead atoms. The van der Waals surface area contributed by atoms with Gasteiger partial charge >= 0.3 is 0 Å². The third-order valence-corrected chi connectivity index (χ3v) is 7.24. The second-order valence-electron chi connectivity index (χ2n) is 6.97. The van der Waals surface area contributed by atoms with Crippen molar-refractivity contribution in [1.82, 2.24) is 0 Å². The molecule has 3 aromatic carbocycles. The Hall–Kier alpha value is -2.39. The summed E-state index contributed by atoms with van der Waals surface area (Å²) in [6.45, 7) is 0. The summed E-state index contributed by atoms with van der Waals surface area (Å²) in [5.41, 5.74) is 2.69. The van der Waals surface area contributed by atoms with Crippen molar-refractivity contribution in [3.05, 3.63) is 82.1 Å². The van der Waals surface area contributed by atoms with Crippen LogP contribution in [0.25, 0.3) is 21.5 Å². The van der Waals surface area contributed by atoms with E-state index in [2.05, 4.69) is 48.5 Å². The maximum absolute atomic E-state index is 12.3. The normalized spacial score (nSPS) is 21.4. The van der Waals surface area contributed by atoms with Crippen molar-refractivity contribution in [2.45, 2.75) is 19.3 Å². The second kappa shape index (κ2) is 5.30. The van der Waals surface area contributed by atoms with Gasteiger partial charge in [-0.25, -0.2) is 8.42 Å². The largest absolute Gasteiger partial charge is 0.219 e. The summed E-state index contributed by atoms with van der Waals surface area (Å²) in [7, 11) is -3.20. The van der Waals surface area contributed by atoms with E-state index in [0.717, 1.165) is 19.3 Å². The lowest BCUT2D eigenvalue weighted by Gasteiger charge is -2.26. The Labute approximate surface area is 147 Å². The molecule has 5 rings (SSSR count). The summed E-state index contributed by atoms with van der Waals surface area (Å²) in [6.07, 6.45) is 6.09. The molecule has 0 spiro atoms. The van der Waals surface area contributed by atoms with Gasteiger partial charge in [-0.3, -0.25) is 0 Å². The van der Waals surface area contributed by atoms with Crippen LogP contribution in [0.4, 0.5) is 0 Å². The number of hydrogen-bond donors (Lipinski definition) is 0. The lowest BCUT2D eigenvalue weighted by Crippen LogP contribution is -2.19. The highest BCUT2D eigenvalue weighted by atomic mass is 32.2. The Morgan fingerprint density at radius 3 is 2.56 bits per heavy atom. The van der Waals surface area contributed by atoms with Gasteiger partial charge in [-0.05, 0) is 70.0 Å². The minimum Gasteiger partial charge on any atom is -0.219 e. The fourth-order valence-corrected chi connectivity index (χ4v) is 5.75. The van der Waals surface area contributed by atoms with Crippen molar-refractivity contribution in [2.24, 2.45) is 5.92 Å². The summed E-state index contributed by atoms with van der Waals surface area (Å²) in [5, 5.41) is 6.37. The lowest BCUT2D eigenvalue weighted by atomic mass is 9.80. The van der Waals surface area contributed by atoms with Gasteiger partial charge < -0.3 is 0 Å². The zero-order valence-electron chi connectivity index (χ0n) is 13.8. The van der Waals surface area contributed by atoms with Crippen LogP contribution in [0.5, 0.6) is 0 Å². The highest BCUT2D eigenvalue weighted by molar-refractivity contribution is 7.98. The highest BCUT2D eigenvalue weighted by Gasteiger charge is 2.30. The quantitative estimate of drug-likeness (QED) is 0.586. The molecule has 1 aliphatic heterocycles. The molecule has 1 unspecified atom stereocenters. The van der Waals surface area contributed by atoms with Crippen LogP contribution < -0.4 is 0 Å². The molecule has 25 heavy (non-hydrogen) atoms. The van der Waals surface area contributed by atoms with E-state index < -0.39 is 9.84 Å². The molecule has 2 nitrogen and oxygen atoms in total. The average Bonchev–Trinajstić information content (AvgIpc) is 3.00. The molecule has 3 aromatic rings. The standard InChI is InChI=1S/C22H18O2S/c23-25(24)13-3-6-22(25)17-8-7-16-10-11-19-18-5-2-1-4-15(18)9-12-20(19)21(16)14-17/h1-6,9-13,17H,7-8,14H2. The molecule has 0 saturated carbocycles. The fraction of sp³-hybridized carbons (Fsp3) is 0.182. The first-order valence-corrected chi connectivity index (χ1v) is 10.2. The summed E-state index contributed by atoms with van der Waals surface area (Å²) in [4.78, 5) is 0.593. The maximum Gasteiger partial charge on any atom is 0.196 e. The number of rotatable bonds is 1. The Kier molecular flexibility index (Phi) is 3.16. The Morgan fingerprint density at radius 1 is 0.880 bits per heavy atom. The van der Waals surface area contributed by atoms with Gasteiger partial charge in [0.1, 0.15) is 0 Å². The number of sulfone groups is 1. The van der Waals surface area contributed by atoms with Gasteiger partial charge in [0.15, 0.2) is 9.84 Å². The zero-order chi connectivity index (χ0) is 17.0. The second-order valence-corrected chi connectivity index (χ2v) is 8.80. The molecule has 1 heterocycles. The van der Waals surface area contributed by atoms with E-state index in [1.807, 2.05) is 0 Å². The molecule has 0 fully saturated rings. The van der Waals surface area contributed by atoms with Gasteiger partial charge in [0.05, 0.1) is 4.91 Å². The molecule has 0 saturated heterocycles. The smallest absolute Gasteiger partial charge is 0.196 e. The van der Waals surface area contributed by atoms with Crippen molar-refractivity contribution in [1.29, 1.82) is 0 Å². The summed E-state index contributed by atoms with van der Waals surface area (Å²) >= 11 is 0. The molecule has 0 aromatic heterocycles. The van der Waals surface area contributed by atoms with E-state index in [9.17, 15) is 8.42 Å². The molecule has 2 aliphatic rings. The van der Waals surface area contributed by atoms with Crippen molar-refractivity contribution in [3.63, 3.8) is 0 Å². The number of benzene rings is 3. The molecule has 1 aliphatic carbocycles. The van der Waals surface area contributed by atoms with Crippen LogP contribution in [0.3, 0.4) is 0 Å². The van der Waals surface area contributed by atoms with Crippen molar-refractivity contribution >= 4 is 31.4 Å². The predicted molar refractivity (Wildman–Crippen MR) is 103 cm³/mol. The number of fused-ring (bicyclic) bond motifs is 5. The SMILES string of the molecule is O=S1(=O)C=CC=C1C1CCc2ccc3c(ccc4ccccc43)c2C1. The fourth-order valence-electron chi connectivity index (χ4n) is 4.37. The molecule has 124 valence electrons. The van der Waals surface area contributed by atoms with E-state index in [0.29, 0.717) is 4.91 Å². The van der Waals surface area contributed by atoms with E-state index in [1.54, 1.807) is 12.2 Å². The topological polar surface area (TPSA) is 34.1 Å². The summed E-state index contributed by atoms with van der Waals surface area (Å²) < 4.78 is 24.5. The third-order valence-electron chi connectivity index (χ3n) is 5.60. The van der Waals surface area contributed by atoms with Gasteiger partial charge in [0.25, 0.3) is 0 Å². The van der Waals surface area contributed by atoms with Crippen molar-refractivity contribution < 1.29 is 8.42 Å². The first-order chi connectivity index (χ1) is 12.1. The minimum absolute atomic E-state index is 0.0876. The Bertz CT molecular complexity index is 1180. The van der Waals surface area contributed by atoms with Crippen LogP contribution in [-0.4, -0.2) is 8.42 Å². The summed E-state index contributed by atoms with van der Waals surface area (Å²) in [5.74, 6) is 0.0876. The molecule has 0 radical (unpaired) electrons. The van der Waals surface area contributed by atoms with E-state index in [4.69, 9.17) is 0 Å². The summed E-state index contributed by atoms with van der Waals surface area (Å²) in [6, 6.07) is 17.3. The van der Waals surface area contributed by atoms with Gasteiger partial charge in [-0.15, -0.1) is 0 Å². The number of hydrogen-bond acceptors (Lipinski definition) is 2. The molecular formula is C22H18O2S. The predicted octanol–water partition coefficient (Wildman–Crippen LogP) is 4.92. The lowest BCUT2D eigenvalue weighted by molar-refractivity contribution is 0.535. The first-order valence-electron chi connectivity index (χ1n) is 8.69. The van der Waals surface area contributed by atoms with E-state index in [1.165, 1.54) is 38.1 Å². The molecular weight excluding hydrogens is 328 g/mol. The first kappa shape index (κ1) is 14.9. The zero-order valence-corrected chi connectivity index (χ0v) is 14.6. The maximum atomic E-state index is 12.3. The molecule has 0 amide bonds. The van der Waals surface area contributed by atoms with Gasteiger partial charge in [-0.2, -0.15) is 0 Å². The van der Waals surface area contributed by atoms with Crippen LogP contribution in [0.1, 0.15) is 17.5 Å². The Balaban J connectivity index is 1.67. The minimum atomic E-state index is -3.20. The van der Waals surface area contributed by atoms with Gasteiger partial charge in [0, 0.05) is 5.41 Å². The average molecular weight is 346 g/mol. The molecule has 3 heteroatoms. The highest BCUT2D eigenvalue weighted by Crippen LogP contribution is 2.39. The van der Waals surface area contributed by atoms with Crippen LogP contribution in [0, 0.1) is 5.92 Å². The van der Waals surface area contributed by atoms with Crippen molar-refractivity contribution in [2.75, 3.05) is 0 Å². The monoisotopic (exact) mass is 346 g/mol. The van der Waals surface area contributed by atoms with Crippen molar-refractivity contribution in [3.8, 4) is 0 Å². The van der Waals surface area contributed by atoms with Crippen LogP contribution in [0.15, 0.2) is 71.0 Å². The van der Waals surface area contributed by atoms with Crippen LogP contribution in [0.2, 0.25) is 0 Å². The van der Waals surface area contributed by atoms with Crippen LogP contribution in [-0.2, 0) is 22.7 Å². The number of aryl methyl sites for hydroxylation is 1. The van der Waals surface area contributed by atoms with E-state index >= 15 is 0 Å². The molecule has 0 N–H and O–H groups in total. The Morgan fingerprint density at radius 2 is 1.72 bits per heavy atom. The van der Waals surface area contributed by atoms with Gasteiger partial charge in [0.2, 0.25) is 0 Å². The molecule has 1 atom stereocenters.